The third-order valence-electron chi connectivity index (χ3n) is 3.54. The van der Waals surface area contributed by atoms with Crippen LogP contribution in [0.4, 0.5) is 0 Å². The van der Waals surface area contributed by atoms with Crippen LogP contribution < -0.4 is 0 Å². The van der Waals surface area contributed by atoms with Crippen LogP contribution in [-0.4, -0.2) is 41.7 Å². The lowest BCUT2D eigenvalue weighted by Crippen LogP contribution is -2.65. The van der Waals surface area contributed by atoms with Gasteiger partial charge in [-0.05, 0) is 19.8 Å². The van der Waals surface area contributed by atoms with Crippen LogP contribution in [-0.2, 0) is 10.0 Å². The number of aromatic nitrogens is 1. The normalized spacial score (nSPS) is 20.1. The van der Waals surface area contributed by atoms with Crippen LogP contribution >= 0.6 is 0 Å². The van der Waals surface area contributed by atoms with Crippen LogP contribution in [0.2, 0.25) is 0 Å². The van der Waals surface area contributed by atoms with Crippen molar-refractivity contribution in [1.82, 2.24) is 9.46 Å². The molecule has 0 radical (unpaired) electrons. The standard InChI is InChI=1S/C11H18N2O4S/c1-7(2)11(14)5-13(6-11)18(15,16)10-8(3)12-17-9(10)4/h7,14H,5-6H2,1-4H3. The fraction of sp³-hybridized carbons (Fsp3) is 0.727. The van der Waals surface area contributed by atoms with E-state index >= 15 is 0 Å². The van der Waals surface area contributed by atoms with Gasteiger partial charge in [-0.25, -0.2) is 8.42 Å². The first-order chi connectivity index (χ1) is 8.18. The Morgan fingerprint density at radius 3 is 2.33 bits per heavy atom. The van der Waals surface area contributed by atoms with Gasteiger partial charge in [0, 0.05) is 13.1 Å². The van der Waals surface area contributed by atoms with E-state index in [0.717, 1.165) is 0 Å². The average Bonchev–Trinajstić information content (AvgIpc) is 2.53. The number of aryl methyl sites for hydroxylation is 2. The maximum Gasteiger partial charge on any atom is 0.248 e. The van der Waals surface area contributed by atoms with Crippen molar-refractivity contribution in [2.45, 2.75) is 38.2 Å². The van der Waals surface area contributed by atoms with Crippen molar-refractivity contribution in [1.29, 1.82) is 0 Å². The van der Waals surface area contributed by atoms with Crippen molar-refractivity contribution in [3.8, 4) is 0 Å². The second kappa shape index (κ2) is 4.04. The maximum absolute atomic E-state index is 12.3. The lowest BCUT2D eigenvalue weighted by atomic mass is 9.85. The highest BCUT2D eigenvalue weighted by molar-refractivity contribution is 7.89. The van der Waals surface area contributed by atoms with E-state index < -0.39 is 15.6 Å². The Morgan fingerprint density at radius 1 is 1.39 bits per heavy atom. The van der Waals surface area contributed by atoms with Gasteiger partial charge >= 0.3 is 0 Å². The molecule has 0 aromatic carbocycles. The number of hydrogen-bond donors (Lipinski definition) is 1. The molecule has 7 heteroatoms. The summed E-state index contributed by atoms with van der Waals surface area (Å²) in [5.74, 6) is 0.307. The summed E-state index contributed by atoms with van der Waals surface area (Å²) in [7, 11) is -3.61. The van der Waals surface area contributed by atoms with Gasteiger partial charge in [0.1, 0.15) is 10.6 Å². The van der Waals surface area contributed by atoms with Gasteiger partial charge in [0.2, 0.25) is 10.0 Å². The van der Waals surface area contributed by atoms with E-state index in [4.69, 9.17) is 4.52 Å². The molecule has 0 amide bonds. The van der Waals surface area contributed by atoms with Crippen LogP contribution in [0.3, 0.4) is 0 Å². The summed E-state index contributed by atoms with van der Waals surface area (Å²) in [6, 6.07) is 0. The van der Waals surface area contributed by atoms with Gasteiger partial charge in [-0.2, -0.15) is 4.31 Å². The second-order valence-electron chi connectivity index (χ2n) is 5.18. The number of hydrogen-bond acceptors (Lipinski definition) is 5. The van der Waals surface area contributed by atoms with Crippen LogP contribution in [0.15, 0.2) is 9.42 Å². The van der Waals surface area contributed by atoms with Gasteiger partial charge in [-0.3, -0.25) is 0 Å². The maximum atomic E-state index is 12.3. The molecule has 1 aliphatic rings. The summed E-state index contributed by atoms with van der Waals surface area (Å²) in [4.78, 5) is 0.119. The van der Waals surface area contributed by atoms with Gasteiger partial charge < -0.3 is 9.63 Å². The molecule has 1 aromatic heterocycles. The number of aliphatic hydroxyl groups is 1. The molecule has 0 atom stereocenters. The zero-order valence-corrected chi connectivity index (χ0v) is 11.8. The molecule has 18 heavy (non-hydrogen) atoms. The minimum atomic E-state index is -3.61. The van der Waals surface area contributed by atoms with Gasteiger partial charge in [0.05, 0.1) is 5.60 Å². The fourth-order valence-electron chi connectivity index (χ4n) is 2.07. The summed E-state index contributed by atoms with van der Waals surface area (Å²) >= 11 is 0. The molecular formula is C11H18N2O4S. The Kier molecular flexibility index (Phi) is 3.03. The van der Waals surface area contributed by atoms with E-state index in [1.54, 1.807) is 13.8 Å². The van der Waals surface area contributed by atoms with E-state index in [9.17, 15) is 13.5 Å². The quantitative estimate of drug-likeness (QED) is 0.876. The van der Waals surface area contributed by atoms with Crippen molar-refractivity contribution in [3.05, 3.63) is 11.5 Å². The summed E-state index contributed by atoms with van der Waals surface area (Å²) in [6.45, 7) is 7.16. The monoisotopic (exact) mass is 274 g/mol. The Labute approximate surface area is 107 Å². The predicted octanol–water partition coefficient (Wildman–Crippen LogP) is 0.683. The van der Waals surface area contributed by atoms with Crippen LogP contribution in [0, 0.1) is 19.8 Å². The zero-order valence-electron chi connectivity index (χ0n) is 11.0. The summed E-state index contributed by atoms with van der Waals surface area (Å²) < 4.78 is 30.8. The van der Waals surface area contributed by atoms with E-state index in [2.05, 4.69) is 5.16 Å². The summed E-state index contributed by atoms with van der Waals surface area (Å²) in [5, 5.41) is 13.8. The topological polar surface area (TPSA) is 83.6 Å². The predicted molar refractivity (Wildman–Crippen MR) is 64.5 cm³/mol. The lowest BCUT2D eigenvalue weighted by molar-refractivity contribution is -0.0932. The molecule has 1 aromatic rings. The van der Waals surface area contributed by atoms with Crippen molar-refractivity contribution < 1.29 is 18.0 Å². The van der Waals surface area contributed by atoms with Gasteiger partial charge in [-0.1, -0.05) is 19.0 Å². The molecule has 2 rings (SSSR count). The third kappa shape index (κ3) is 1.86. The molecule has 0 bridgehead atoms. The van der Waals surface area contributed by atoms with E-state index in [1.165, 1.54) is 4.31 Å². The van der Waals surface area contributed by atoms with Crippen LogP contribution in [0.25, 0.3) is 0 Å². The Hall–Kier alpha value is -0.920. The van der Waals surface area contributed by atoms with E-state index in [-0.39, 0.29) is 29.7 Å². The molecule has 102 valence electrons. The SMILES string of the molecule is Cc1noc(C)c1S(=O)(=O)N1CC(O)(C(C)C)C1. The highest BCUT2D eigenvalue weighted by Crippen LogP contribution is 2.34. The van der Waals surface area contributed by atoms with E-state index in [0.29, 0.717) is 5.69 Å². The molecule has 0 unspecified atom stereocenters. The molecule has 0 saturated carbocycles. The Morgan fingerprint density at radius 2 is 1.94 bits per heavy atom. The smallest absolute Gasteiger partial charge is 0.248 e. The number of sulfonamides is 1. The molecule has 1 fully saturated rings. The Balaban J connectivity index is 2.26. The van der Waals surface area contributed by atoms with E-state index in [1.807, 2.05) is 13.8 Å². The van der Waals surface area contributed by atoms with Crippen molar-refractivity contribution in [2.24, 2.45) is 5.92 Å². The molecule has 2 heterocycles. The molecule has 1 aliphatic heterocycles. The van der Waals surface area contributed by atoms with Crippen molar-refractivity contribution in [3.63, 3.8) is 0 Å². The third-order valence-corrected chi connectivity index (χ3v) is 5.58. The van der Waals surface area contributed by atoms with Crippen LogP contribution in [0.1, 0.15) is 25.3 Å². The number of rotatable bonds is 3. The fourth-order valence-corrected chi connectivity index (χ4v) is 3.93. The molecule has 1 N–H and O–H groups in total. The molecular weight excluding hydrogens is 256 g/mol. The Bertz CT molecular complexity index is 536. The first-order valence-electron chi connectivity index (χ1n) is 5.84. The lowest BCUT2D eigenvalue weighted by Gasteiger charge is -2.47. The first kappa shape index (κ1) is 13.5. The molecule has 0 aliphatic carbocycles. The molecule has 0 spiro atoms. The minimum absolute atomic E-state index is 0.0219. The average molecular weight is 274 g/mol. The van der Waals surface area contributed by atoms with Gasteiger partial charge in [0.25, 0.3) is 0 Å². The number of β-amino-alcohol motifs (C(OH)–C–C–N with tert-alkyl or cyclic N) is 1. The highest BCUT2D eigenvalue weighted by atomic mass is 32.2. The molecule has 1 saturated heterocycles. The highest BCUT2D eigenvalue weighted by Gasteiger charge is 2.50. The van der Waals surface area contributed by atoms with Gasteiger partial charge in [-0.15, -0.1) is 0 Å². The minimum Gasteiger partial charge on any atom is -0.387 e. The molecule has 6 nitrogen and oxygen atoms in total. The van der Waals surface area contributed by atoms with Crippen LogP contribution in [0.5, 0.6) is 0 Å². The first-order valence-corrected chi connectivity index (χ1v) is 7.28. The largest absolute Gasteiger partial charge is 0.387 e. The summed E-state index contributed by atoms with van der Waals surface area (Å²) in [5.41, 5.74) is -0.570. The number of nitrogens with zero attached hydrogens (tertiary/aromatic N) is 2. The van der Waals surface area contributed by atoms with Gasteiger partial charge in [0.15, 0.2) is 5.76 Å². The second-order valence-corrected chi connectivity index (χ2v) is 7.06. The summed E-state index contributed by atoms with van der Waals surface area (Å²) in [6.07, 6.45) is 0. The van der Waals surface area contributed by atoms with Crippen molar-refractivity contribution >= 4 is 10.0 Å². The zero-order chi connectivity index (χ0) is 13.7. The van der Waals surface area contributed by atoms with Crippen molar-refractivity contribution in [2.75, 3.05) is 13.1 Å².